The number of benzene rings is 2. The lowest BCUT2D eigenvalue weighted by molar-refractivity contribution is 0.0950. The molecule has 1 aromatic heterocycles. The second-order valence-electron chi connectivity index (χ2n) is 6.18. The van der Waals surface area contributed by atoms with Gasteiger partial charge in [-0.25, -0.2) is 4.39 Å². The summed E-state index contributed by atoms with van der Waals surface area (Å²) >= 11 is 0. The summed E-state index contributed by atoms with van der Waals surface area (Å²) in [7, 11) is 0. The number of rotatable bonds is 7. The van der Waals surface area contributed by atoms with Gasteiger partial charge in [0, 0.05) is 23.9 Å². The largest absolute Gasteiger partial charge is 0.352 e. The van der Waals surface area contributed by atoms with Crippen LogP contribution in [0.1, 0.15) is 32.0 Å². The third-order valence-electron chi connectivity index (χ3n) is 4.18. The Bertz CT molecular complexity index is 961. The molecule has 0 bridgehead atoms. The lowest BCUT2D eigenvalue weighted by Gasteiger charge is -2.08. The van der Waals surface area contributed by atoms with E-state index in [4.69, 9.17) is 0 Å². The van der Waals surface area contributed by atoms with E-state index in [1.165, 1.54) is 12.1 Å². The van der Waals surface area contributed by atoms with E-state index in [1.807, 2.05) is 12.1 Å². The zero-order chi connectivity index (χ0) is 19.8. The predicted molar refractivity (Wildman–Crippen MR) is 104 cm³/mol. The van der Waals surface area contributed by atoms with Gasteiger partial charge in [-0.1, -0.05) is 30.3 Å². The Hall–Kier alpha value is -3.54. The highest BCUT2D eigenvalue weighted by Crippen LogP contribution is 2.08. The Morgan fingerprint density at radius 3 is 2.29 bits per heavy atom. The first-order valence-corrected chi connectivity index (χ1v) is 8.93. The lowest BCUT2D eigenvalue weighted by atomic mass is 10.1. The van der Waals surface area contributed by atoms with Gasteiger partial charge >= 0.3 is 0 Å². The zero-order valence-corrected chi connectivity index (χ0v) is 15.2. The first-order valence-electron chi connectivity index (χ1n) is 8.93. The lowest BCUT2D eigenvalue weighted by Crippen LogP contribution is -2.27. The topological polar surface area (TPSA) is 71.1 Å². The number of carbonyl (C=O) groups excluding carboxylic acids is 2. The van der Waals surface area contributed by atoms with Crippen molar-refractivity contribution in [2.45, 2.75) is 13.0 Å². The smallest absolute Gasteiger partial charge is 0.251 e. The summed E-state index contributed by atoms with van der Waals surface area (Å²) < 4.78 is 13.6. The van der Waals surface area contributed by atoms with Crippen molar-refractivity contribution in [2.24, 2.45) is 0 Å². The van der Waals surface area contributed by atoms with Crippen molar-refractivity contribution in [3.05, 3.63) is 101 Å². The van der Waals surface area contributed by atoms with Crippen LogP contribution in [-0.4, -0.2) is 23.3 Å². The van der Waals surface area contributed by atoms with Crippen molar-refractivity contribution in [1.82, 2.24) is 15.6 Å². The number of halogens is 1. The molecule has 3 aromatic rings. The number of amides is 2. The maximum absolute atomic E-state index is 13.6. The van der Waals surface area contributed by atoms with Gasteiger partial charge in [-0.3, -0.25) is 14.6 Å². The number of carbonyl (C=O) groups is 2. The standard InChI is InChI=1S/C22H20FN3O2/c23-20-10-2-1-6-16(20)11-13-25-21(27)17-7-5-8-18(14-17)22(28)26-15-19-9-3-4-12-24-19/h1-10,12,14H,11,13,15H2,(H,25,27)(H,26,28). The van der Waals surface area contributed by atoms with E-state index in [1.54, 1.807) is 48.7 Å². The van der Waals surface area contributed by atoms with Crippen molar-refractivity contribution in [3.63, 3.8) is 0 Å². The normalized spacial score (nSPS) is 10.3. The van der Waals surface area contributed by atoms with Crippen LogP contribution in [0.4, 0.5) is 4.39 Å². The fourth-order valence-electron chi connectivity index (χ4n) is 2.69. The zero-order valence-electron chi connectivity index (χ0n) is 15.2. The molecule has 0 unspecified atom stereocenters. The Labute approximate surface area is 162 Å². The maximum Gasteiger partial charge on any atom is 0.251 e. The first kappa shape index (κ1) is 19.2. The highest BCUT2D eigenvalue weighted by atomic mass is 19.1. The summed E-state index contributed by atoms with van der Waals surface area (Å²) in [5, 5.41) is 5.53. The molecule has 28 heavy (non-hydrogen) atoms. The van der Waals surface area contributed by atoms with E-state index >= 15 is 0 Å². The number of aromatic nitrogens is 1. The number of nitrogens with zero attached hydrogens (tertiary/aromatic N) is 1. The molecule has 3 rings (SSSR count). The Balaban J connectivity index is 1.55. The molecule has 2 N–H and O–H groups in total. The minimum absolute atomic E-state index is 0.286. The first-order chi connectivity index (χ1) is 13.6. The summed E-state index contributed by atoms with van der Waals surface area (Å²) in [6, 6.07) is 18.4. The fraction of sp³-hybridized carbons (Fsp3) is 0.136. The van der Waals surface area contributed by atoms with E-state index in [2.05, 4.69) is 15.6 Å². The molecule has 0 aliphatic carbocycles. The van der Waals surface area contributed by atoms with Crippen molar-refractivity contribution < 1.29 is 14.0 Å². The molecule has 0 saturated heterocycles. The molecule has 5 nitrogen and oxygen atoms in total. The Morgan fingerprint density at radius 1 is 0.857 bits per heavy atom. The Morgan fingerprint density at radius 2 is 1.57 bits per heavy atom. The molecular weight excluding hydrogens is 357 g/mol. The van der Waals surface area contributed by atoms with E-state index in [0.717, 1.165) is 5.69 Å². The summed E-state index contributed by atoms with van der Waals surface area (Å²) in [4.78, 5) is 28.8. The molecule has 2 amide bonds. The van der Waals surface area contributed by atoms with Crippen LogP contribution in [0.2, 0.25) is 0 Å². The molecule has 0 atom stereocenters. The predicted octanol–water partition coefficient (Wildman–Crippen LogP) is 3.12. The average Bonchev–Trinajstić information content (AvgIpc) is 2.74. The number of hydrogen-bond acceptors (Lipinski definition) is 3. The van der Waals surface area contributed by atoms with Crippen LogP contribution in [0.3, 0.4) is 0 Å². The van der Waals surface area contributed by atoms with Crippen LogP contribution in [0.25, 0.3) is 0 Å². The minimum atomic E-state index is -0.310. The molecule has 0 radical (unpaired) electrons. The molecule has 142 valence electrons. The molecule has 0 saturated carbocycles. The molecule has 1 heterocycles. The van der Waals surface area contributed by atoms with Crippen LogP contribution in [-0.2, 0) is 13.0 Å². The van der Waals surface area contributed by atoms with Crippen molar-refractivity contribution >= 4 is 11.8 Å². The quantitative estimate of drug-likeness (QED) is 0.665. The molecule has 0 aliphatic heterocycles. The highest BCUT2D eigenvalue weighted by Gasteiger charge is 2.11. The van der Waals surface area contributed by atoms with Gasteiger partial charge in [-0.05, 0) is 48.4 Å². The molecule has 6 heteroatoms. The molecule has 2 aromatic carbocycles. The van der Waals surface area contributed by atoms with Gasteiger partial charge in [0.05, 0.1) is 12.2 Å². The maximum atomic E-state index is 13.6. The Kier molecular flexibility index (Phi) is 6.46. The van der Waals surface area contributed by atoms with Crippen LogP contribution < -0.4 is 10.6 Å². The van der Waals surface area contributed by atoms with Crippen molar-refractivity contribution in [1.29, 1.82) is 0 Å². The van der Waals surface area contributed by atoms with Crippen LogP contribution in [0.5, 0.6) is 0 Å². The van der Waals surface area contributed by atoms with Gasteiger partial charge in [-0.15, -0.1) is 0 Å². The van der Waals surface area contributed by atoms with Gasteiger partial charge in [-0.2, -0.15) is 0 Å². The van der Waals surface area contributed by atoms with E-state index in [-0.39, 0.29) is 17.6 Å². The van der Waals surface area contributed by atoms with Crippen LogP contribution >= 0.6 is 0 Å². The summed E-state index contributed by atoms with van der Waals surface area (Å²) in [5.41, 5.74) is 2.06. The second kappa shape index (κ2) is 9.41. The van der Waals surface area contributed by atoms with Crippen LogP contribution in [0, 0.1) is 5.82 Å². The van der Waals surface area contributed by atoms with E-state index < -0.39 is 0 Å². The number of nitrogens with one attached hydrogen (secondary N) is 2. The highest BCUT2D eigenvalue weighted by molar-refractivity contribution is 5.99. The summed E-state index contributed by atoms with van der Waals surface area (Å²) in [6.07, 6.45) is 2.05. The third-order valence-corrected chi connectivity index (χ3v) is 4.18. The monoisotopic (exact) mass is 377 g/mol. The number of hydrogen-bond donors (Lipinski definition) is 2. The van der Waals surface area contributed by atoms with Gasteiger partial charge in [0.2, 0.25) is 0 Å². The second-order valence-corrected chi connectivity index (χ2v) is 6.18. The molecule has 0 fully saturated rings. The van der Waals surface area contributed by atoms with Gasteiger partial charge in [0.25, 0.3) is 11.8 Å². The van der Waals surface area contributed by atoms with Gasteiger partial charge in [0.15, 0.2) is 0 Å². The van der Waals surface area contributed by atoms with Gasteiger partial charge < -0.3 is 10.6 Å². The van der Waals surface area contributed by atoms with Crippen molar-refractivity contribution in [3.8, 4) is 0 Å². The molecular formula is C22H20FN3O2. The molecule has 0 aliphatic rings. The van der Waals surface area contributed by atoms with Crippen LogP contribution in [0.15, 0.2) is 72.9 Å². The third kappa shape index (κ3) is 5.23. The van der Waals surface area contributed by atoms with E-state index in [0.29, 0.717) is 36.2 Å². The molecule has 0 spiro atoms. The average molecular weight is 377 g/mol. The number of pyridine rings is 1. The SMILES string of the molecule is O=C(NCCc1ccccc1F)c1cccc(C(=O)NCc2ccccn2)c1. The van der Waals surface area contributed by atoms with E-state index in [9.17, 15) is 14.0 Å². The minimum Gasteiger partial charge on any atom is -0.352 e. The van der Waals surface area contributed by atoms with Gasteiger partial charge in [0.1, 0.15) is 5.82 Å². The fourth-order valence-corrected chi connectivity index (χ4v) is 2.69. The van der Waals surface area contributed by atoms with Crippen molar-refractivity contribution in [2.75, 3.05) is 6.54 Å². The summed E-state index contributed by atoms with van der Waals surface area (Å²) in [5.74, 6) is -0.884. The summed E-state index contributed by atoms with van der Waals surface area (Å²) in [6.45, 7) is 0.606.